The quantitative estimate of drug-likeness (QED) is 0.865. The van der Waals surface area contributed by atoms with Crippen LogP contribution in [-0.2, 0) is 16.4 Å². The molecule has 1 heterocycles. The number of rotatable bonds is 6. The maximum absolute atomic E-state index is 12.3. The fourth-order valence-electron chi connectivity index (χ4n) is 2.70. The normalized spacial score (nSPS) is 17.4. The van der Waals surface area contributed by atoms with Gasteiger partial charge in [0.05, 0.1) is 5.75 Å². The number of sulfonamides is 1. The third-order valence-corrected chi connectivity index (χ3v) is 5.82. The van der Waals surface area contributed by atoms with Crippen LogP contribution in [0.2, 0.25) is 0 Å². The van der Waals surface area contributed by atoms with Gasteiger partial charge >= 0.3 is 0 Å². The Bertz CT molecular complexity index is 500. The van der Waals surface area contributed by atoms with Gasteiger partial charge in [-0.3, -0.25) is 0 Å². The molecular weight excluding hydrogens is 308 g/mol. The molecule has 21 heavy (non-hydrogen) atoms. The summed E-state index contributed by atoms with van der Waals surface area (Å²) in [6.07, 6.45) is 2.52. The minimum atomic E-state index is -3.11. The first kappa shape index (κ1) is 18.4. The zero-order valence-corrected chi connectivity index (χ0v) is 14.1. The summed E-state index contributed by atoms with van der Waals surface area (Å²) < 4.78 is 26.3. The predicted molar refractivity (Wildman–Crippen MR) is 89.4 cm³/mol. The highest BCUT2D eigenvalue weighted by Crippen LogP contribution is 2.19. The standard InChI is InChI=1S/C15H24N2O2S.ClH/c1-16-13-15-7-10-17(11-8-15)20(18,19)12-9-14-5-3-2-4-6-14;/h2-6,15-16H,7-13H2,1H3;1H. The number of nitrogens with zero attached hydrogens (tertiary/aromatic N) is 1. The van der Waals surface area contributed by atoms with Gasteiger partial charge in [-0.2, -0.15) is 0 Å². The molecule has 1 aliphatic heterocycles. The average molecular weight is 333 g/mol. The Morgan fingerprint density at radius 2 is 1.81 bits per heavy atom. The van der Waals surface area contributed by atoms with E-state index in [1.165, 1.54) is 0 Å². The van der Waals surface area contributed by atoms with Crippen molar-refractivity contribution in [2.24, 2.45) is 5.92 Å². The lowest BCUT2D eigenvalue weighted by molar-refractivity contribution is 0.271. The van der Waals surface area contributed by atoms with E-state index in [-0.39, 0.29) is 18.2 Å². The van der Waals surface area contributed by atoms with Crippen molar-refractivity contribution in [1.82, 2.24) is 9.62 Å². The molecule has 1 aliphatic rings. The predicted octanol–water partition coefficient (Wildman–Crippen LogP) is 1.91. The first-order valence-corrected chi connectivity index (χ1v) is 8.89. The Morgan fingerprint density at radius 1 is 1.19 bits per heavy atom. The molecule has 1 aromatic carbocycles. The van der Waals surface area contributed by atoms with E-state index < -0.39 is 10.0 Å². The van der Waals surface area contributed by atoms with Gasteiger partial charge in [0.1, 0.15) is 0 Å². The monoisotopic (exact) mass is 332 g/mol. The van der Waals surface area contributed by atoms with Gasteiger partial charge in [-0.1, -0.05) is 30.3 Å². The number of aryl methyl sites for hydroxylation is 1. The molecule has 1 fully saturated rings. The summed E-state index contributed by atoms with van der Waals surface area (Å²) in [7, 11) is -1.16. The highest BCUT2D eigenvalue weighted by atomic mass is 35.5. The Balaban J connectivity index is 0.00000220. The molecule has 0 atom stereocenters. The van der Waals surface area contributed by atoms with Crippen LogP contribution >= 0.6 is 12.4 Å². The summed E-state index contributed by atoms with van der Waals surface area (Å²) in [5.41, 5.74) is 1.08. The number of halogens is 1. The molecule has 0 bridgehead atoms. The van der Waals surface area contributed by atoms with Crippen molar-refractivity contribution < 1.29 is 8.42 Å². The molecule has 4 nitrogen and oxygen atoms in total. The summed E-state index contributed by atoms with van der Waals surface area (Å²) in [5, 5.41) is 3.17. The van der Waals surface area contributed by atoms with Gasteiger partial charge in [-0.25, -0.2) is 12.7 Å². The van der Waals surface area contributed by atoms with Crippen molar-refractivity contribution in [1.29, 1.82) is 0 Å². The third kappa shape index (κ3) is 5.58. The second-order valence-electron chi connectivity index (χ2n) is 5.45. The molecule has 1 N–H and O–H groups in total. The molecule has 1 aromatic rings. The molecule has 2 rings (SSSR count). The summed E-state index contributed by atoms with van der Waals surface area (Å²) in [6, 6.07) is 9.81. The van der Waals surface area contributed by atoms with Crippen LogP contribution in [0.3, 0.4) is 0 Å². The van der Waals surface area contributed by atoms with Crippen LogP contribution in [0.25, 0.3) is 0 Å². The minimum absolute atomic E-state index is 0. The number of nitrogens with one attached hydrogen (secondary N) is 1. The molecule has 0 amide bonds. The van der Waals surface area contributed by atoms with Crippen molar-refractivity contribution >= 4 is 22.4 Å². The zero-order chi connectivity index (χ0) is 14.4. The third-order valence-electron chi connectivity index (χ3n) is 3.95. The van der Waals surface area contributed by atoms with E-state index in [1.807, 2.05) is 37.4 Å². The van der Waals surface area contributed by atoms with Gasteiger partial charge < -0.3 is 5.32 Å². The lowest BCUT2D eigenvalue weighted by Gasteiger charge is -2.31. The molecule has 0 radical (unpaired) electrons. The summed E-state index contributed by atoms with van der Waals surface area (Å²) in [5.74, 6) is 0.828. The van der Waals surface area contributed by atoms with E-state index >= 15 is 0 Å². The molecule has 0 aromatic heterocycles. The Hall–Kier alpha value is -0.620. The van der Waals surface area contributed by atoms with Crippen molar-refractivity contribution in [2.45, 2.75) is 19.3 Å². The topological polar surface area (TPSA) is 49.4 Å². The molecule has 6 heteroatoms. The van der Waals surface area contributed by atoms with Gasteiger partial charge in [0, 0.05) is 13.1 Å². The van der Waals surface area contributed by atoms with E-state index in [1.54, 1.807) is 4.31 Å². The van der Waals surface area contributed by atoms with Crippen LogP contribution in [0, 0.1) is 5.92 Å². The van der Waals surface area contributed by atoms with E-state index in [0.29, 0.717) is 25.4 Å². The molecule has 120 valence electrons. The Kier molecular flexibility index (Phi) is 7.66. The summed E-state index contributed by atoms with van der Waals surface area (Å²) >= 11 is 0. The maximum Gasteiger partial charge on any atom is 0.214 e. The molecule has 0 aliphatic carbocycles. The molecule has 0 saturated carbocycles. The molecular formula is C15H25ClN2O2S. The Morgan fingerprint density at radius 3 is 2.38 bits per heavy atom. The largest absolute Gasteiger partial charge is 0.319 e. The summed E-state index contributed by atoms with van der Waals surface area (Å²) in [4.78, 5) is 0. The summed E-state index contributed by atoms with van der Waals surface area (Å²) in [6.45, 7) is 2.32. The first-order valence-electron chi connectivity index (χ1n) is 7.28. The van der Waals surface area contributed by atoms with Crippen LogP contribution in [0.5, 0.6) is 0 Å². The van der Waals surface area contributed by atoms with Crippen LogP contribution < -0.4 is 5.32 Å². The van der Waals surface area contributed by atoms with Gasteiger partial charge in [-0.05, 0) is 44.3 Å². The highest BCUT2D eigenvalue weighted by molar-refractivity contribution is 7.89. The van der Waals surface area contributed by atoms with Gasteiger partial charge in [0.2, 0.25) is 10.0 Å². The van der Waals surface area contributed by atoms with Gasteiger partial charge in [-0.15, -0.1) is 12.4 Å². The number of hydrogen-bond acceptors (Lipinski definition) is 3. The maximum atomic E-state index is 12.3. The molecule has 0 spiro atoms. The van der Waals surface area contributed by atoms with Crippen LogP contribution in [0.4, 0.5) is 0 Å². The second-order valence-corrected chi connectivity index (χ2v) is 7.54. The minimum Gasteiger partial charge on any atom is -0.319 e. The smallest absolute Gasteiger partial charge is 0.214 e. The lowest BCUT2D eigenvalue weighted by Crippen LogP contribution is -2.41. The van der Waals surface area contributed by atoms with Crippen molar-refractivity contribution in [2.75, 3.05) is 32.4 Å². The highest BCUT2D eigenvalue weighted by Gasteiger charge is 2.27. The van der Waals surface area contributed by atoms with E-state index in [4.69, 9.17) is 0 Å². The van der Waals surface area contributed by atoms with Crippen LogP contribution in [-0.4, -0.2) is 45.2 Å². The molecule has 0 unspecified atom stereocenters. The zero-order valence-electron chi connectivity index (χ0n) is 12.5. The average Bonchev–Trinajstić information content (AvgIpc) is 2.47. The van der Waals surface area contributed by atoms with Crippen molar-refractivity contribution in [3.8, 4) is 0 Å². The fourth-order valence-corrected chi connectivity index (χ4v) is 4.22. The van der Waals surface area contributed by atoms with Crippen LogP contribution in [0.15, 0.2) is 30.3 Å². The fraction of sp³-hybridized carbons (Fsp3) is 0.600. The number of piperidine rings is 1. The van der Waals surface area contributed by atoms with Gasteiger partial charge in [0.15, 0.2) is 0 Å². The van der Waals surface area contributed by atoms with Crippen molar-refractivity contribution in [3.05, 3.63) is 35.9 Å². The first-order chi connectivity index (χ1) is 9.62. The van der Waals surface area contributed by atoms with Crippen molar-refractivity contribution in [3.63, 3.8) is 0 Å². The van der Waals surface area contributed by atoms with Crippen LogP contribution in [0.1, 0.15) is 18.4 Å². The van der Waals surface area contributed by atoms with E-state index in [0.717, 1.165) is 24.9 Å². The number of benzene rings is 1. The second kappa shape index (κ2) is 8.73. The number of hydrogen-bond donors (Lipinski definition) is 1. The SMILES string of the molecule is CNCC1CCN(S(=O)(=O)CCc2ccccc2)CC1.Cl. The molecule has 1 saturated heterocycles. The van der Waals surface area contributed by atoms with Gasteiger partial charge in [0.25, 0.3) is 0 Å². The van der Waals surface area contributed by atoms with E-state index in [9.17, 15) is 8.42 Å². The Labute approximate surface area is 134 Å². The van der Waals surface area contributed by atoms with E-state index in [2.05, 4.69) is 5.32 Å². The lowest BCUT2D eigenvalue weighted by atomic mass is 9.98.